The van der Waals surface area contributed by atoms with Crippen molar-refractivity contribution in [3.05, 3.63) is 35.0 Å². The highest BCUT2D eigenvalue weighted by molar-refractivity contribution is 6.35. The maximum absolute atomic E-state index is 12.3. The third kappa shape index (κ3) is 2.58. The third-order valence-corrected chi connectivity index (χ3v) is 4.00. The first-order valence-electron chi connectivity index (χ1n) is 6.90. The van der Waals surface area contributed by atoms with Gasteiger partial charge in [0.1, 0.15) is 5.52 Å². The molecule has 0 aliphatic carbocycles. The summed E-state index contributed by atoms with van der Waals surface area (Å²) < 4.78 is 12.3. The number of nitrogens with zero attached hydrogens (tertiary/aromatic N) is 2. The molecule has 0 radical (unpaired) electrons. The van der Waals surface area contributed by atoms with Gasteiger partial charge in [-0.05, 0) is 24.5 Å². The molecule has 106 valence electrons. The van der Waals surface area contributed by atoms with E-state index in [9.17, 15) is 4.39 Å². The Morgan fingerprint density at radius 2 is 2.30 bits per heavy atom. The molecule has 0 amide bonds. The van der Waals surface area contributed by atoms with Gasteiger partial charge < -0.3 is 0 Å². The molecule has 3 nitrogen and oxygen atoms in total. The minimum Gasteiger partial charge on any atom is -0.299 e. The molecule has 0 unspecified atom stereocenters. The second kappa shape index (κ2) is 5.94. The average Bonchev–Trinajstić information content (AvgIpc) is 2.91. The molecule has 0 fully saturated rings. The molecule has 0 saturated heterocycles. The van der Waals surface area contributed by atoms with E-state index < -0.39 is 0 Å². The Kier molecular flexibility index (Phi) is 4.03. The fraction of sp³-hybridized carbons (Fsp3) is 0.400. The lowest BCUT2D eigenvalue weighted by Gasteiger charge is -2.26. The fourth-order valence-electron chi connectivity index (χ4n) is 2.71. The highest BCUT2D eigenvalue weighted by Crippen LogP contribution is 2.29. The largest absolute Gasteiger partial charge is 0.299 e. The van der Waals surface area contributed by atoms with E-state index in [1.165, 1.54) is 5.57 Å². The van der Waals surface area contributed by atoms with Crippen LogP contribution < -0.4 is 0 Å². The summed E-state index contributed by atoms with van der Waals surface area (Å²) in [6, 6.07) is 5.81. The van der Waals surface area contributed by atoms with Gasteiger partial charge in [0, 0.05) is 25.0 Å². The highest BCUT2D eigenvalue weighted by atomic mass is 35.5. The molecule has 0 spiro atoms. The van der Waals surface area contributed by atoms with Crippen LogP contribution in [0.5, 0.6) is 0 Å². The number of hydrogen-bond donors (Lipinski definition) is 1. The average molecular weight is 294 g/mol. The molecule has 20 heavy (non-hydrogen) atoms. The van der Waals surface area contributed by atoms with Crippen molar-refractivity contribution in [1.29, 1.82) is 0 Å². The normalized spacial score (nSPS) is 16.6. The van der Waals surface area contributed by atoms with Crippen LogP contribution in [0.1, 0.15) is 18.5 Å². The first-order valence-corrected chi connectivity index (χ1v) is 7.27. The van der Waals surface area contributed by atoms with Crippen molar-refractivity contribution in [2.45, 2.75) is 12.8 Å². The summed E-state index contributed by atoms with van der Waals surface area (Å²) in [5.74, 6) is 0. The SMILES string of the molecule is FCCCN1CCC=C(c2[nH]nc3c(Cl)cccc23)C1. The number of para-hydroxylation sites is 1. The predicted molar refractivity (Wildman–Crippen MR) is 80.7 cm³/mol. The zero-order valence-electron chi connectivity index (χ0n) is 11.2. The van der Waals surface area contributed by atoms with Crippen LogP contribution in [0.4, 0.5) is 4.39 Å². The van der Waals surface area contributed by atoms with Crippen LogP contribution in [0.3, 0.4) is 0 Å². The quantitative estimate of drug-likeness (QED) is 0.933. The topological polar surface area (TPSA) is 31.9 Å². The number of halogens is 2. The molecule has 1 aliphatic rings. The van der Waals surface area contributed by atoms with Crippen LogP contribution in [0.15, 0.2) is 24.3 Å². The first-order chi connectivity index (χ1) is 9.79. The van der Waals surface area contributed by atoms with Crippen molar-refractivity contribution in [2.24, 2.45) is 0 Å². The molecule has 3 rings (SSSR count). The Balaban J connectivity index is 1.87. The second-order valence-corrected chi connectivity index (χ2v) is 5.48. The Bertz CT molecular complexity index is 635. The molecule has 2 heterocycles. The number of aromatic nitrogens is 2. The lowest BCUT2D eigenvalue weighted by Crippen LogP contribution is -2.30. The number of H-pyrrole nitrogens is 1. The first kappa shape index (κ1) is 13.6. The van der Waals surface area contributed by atoms with Gasteiger partial charge in [-0.15, -0.1) is 0 Å². The van der Waals surface area contributed by atoms with Crippen molar-refractivity contribution in [2.75, 3.05) is 26.3 Å². The van der Waals surface area contributed by atoms with Crippen LogP contribution in [-0.4, -0.2) is 41.4 Å². The standard InChI is InChI=1S/C15H17ClFN3/c16-13-6-1-5-12-14(18-19-15(12)13)11-4-2-8-20(10-11)9-3-7-17/h1,4-6H,2-3,7-10H2,(H,18,19). The Labute approximate surface area is 122 Å². The molecular weight excluding hydrogens is 277 g/mol. The van der Waals surface area contributed by atoms with Crippen molar-refractivity contribution in [3.63, 3.8) is 0 Å². The zero-order valence-corrected chi connectivity index (χ0v) is 12.0. The van der Waals surface area contributed by atoms with E-state index >= 15 is 0 Å². The molecule has 0 atom stereocenters. The van der Waals surface area contributed by atoms with E-state index in [0.717, 1.165) is 42.7 Å². The number of benzene rings is 1. The molecule has 0 saturated carbocycles. The molecule has 0 bridgehead atoms. The van der Waals surface area contributed by atoms with Crippen LogP contribution >= 0.6 is 11.6 Å². The third-order valence-electron chi connectivity index (χ3n) is 3.69. The van der Waals surface area contributed by atoms with Gasteiger partial charge in [-0.2, -0.15) is 5.10 Å². The van der Waals surface area contributed by atoms with E-state index in [4.69, 9.17) is 11.6 Å². The number of hydrogen-bond acceptors (Lipinski definition) is 2. The van der Waals surface area contributed by atoms with Crippen molar-refractivity contribution in [1.82, 2.24) is 15.1 Å². The number of alkyl halides is 1. The zero-order chi connectivity index (χ0) is 13.9. The Morgan fingerprint density at radius 3 is 3.15 bits per heavy atom. The van der Waals surface area contributed by atoms with Crippen molar-refractivity contribution in [3.8, 4) is 0 Å². The van der Waals surface area contributed by atoms with Gasteiger partial charge in [0.15, 0.2) is 0 Å². The van der Waals surface area contributed by atoms with Gasteiger partial charge in [0.25, 0.3) is 0 Å². The van der Waals surface area contributed by atoms with Crippen LogP contribution in [-0.2, 0) is 0 Å². The molecule has 5 heteroatoms. The van der Waals surface area contributed by atoms with E-state index in [1.54, 1.807) is 0 Å². The van der Waals surface area contributed by atoms with E-state index in [0.29, 0.717) is 11.4 Å². The summed E-state index contributed by atoms with van der Waals surface area (Å²) in [4.78, 5) is 2.28. The summed E-state index contributed by atoms with van der Waals surface area (Å²) in [5, 5.41) is 9.12. The van der Waals surface area contributed by atoms with Gasteiger partial charge in [0.05, 0.1) is 17.4 Å². The van der Waals surface area contributed by atoms with Crippen molar-refractivity contribution >= 4 is 28.1 Å². The number of nitrogens with one attached hydrogen (secondary N) is 1. The highest BCUT2D eigenvalue weighted by Gasteiger charge is 2.17. The number of aromatic amines is 1. The predicted octanol–water partition coefficient (Wildman–Crippen LogP) is 3.67. The lowest BCUT2D eigenvalue weighted by molar-refractivity contribution is 0.285. The van der Waals surface area contributed by atoms with Gasteiger partial charge in [-0.25, -0.2) is 0 Å². The molecular formula is C15H17ClFN3. The summed E-state index contributed by atoms with van der Waals surface area (Å²) in [6.07, 6.45) is 3.82. The monoisotopic (exact) mass is 293 g/mol. The molecule has 1 N–H and O–H groups in total. The van der Waals surface area contributed by atoms with E-state index in [-0.39, 0.29) is 6.67 Å². The summed E-state index contributed by atoms with van der Waals surface area (Å²) >= 11 is 6.15. The summed E-state index contributed by atoms with van der Waals surface area (Å²) in [5.41, 5.74) is 3.07. The minimum absolute atomic E-state index is 0.252. The molecule has 1 aromatic carbocycles. The van der Waals surface area contributed by atoms with Gasteiger partial charge in [-0.1, -0.05) is 29.8 Å². The van der Waals surface area contributed by atoms with Crippen LogP contribution in [0.25, 0.3) is 16.5 Å². The Morgan fingerprint density at radius 1 is 1.40 bits per heavy atom. The maximum Gasteiger partial charge on any atom is 0.111 e. The number of rotatable bonds is 4. The molecule has 2 aromatic rings. The van der Waals surface area contributed by atoms with Crippen molar-refractivity contribution < 1.29 is 4.39 Å². The van der Waals surface area contributed by atoms with Crippen LogP contribution in [0, 0.1) is 0 Å². The van der Waals surface area contributed by atoms with Gasteiger partial charge >= 0.3 is 0 Å². The maximum atomic E-state index is 12.3. The number of fused-ring (bicyclic) bond motifs is 1. The van der Waals surface area contributed by atoms with Crippen LogP contribution in [0.2, 0.25) is 5.02 Å². The summed E-state index contributed by atoms with van der Waals surface area (Å²) in [7, 11) is 0. The van der Waals surface area contributed by atoms with Gasteiger partial charge in [-0.3, -0.25) is 14.4 Å². The minimum atomic E-state index is -0.252. The van der Waals surface area contributed by atoms with E-state index in [1.807, 2.05) is 18.2 Å². The molecule has 1 aromatic heterocycles. The fourth-order valence-corrected chi connectivity index (χ4v) is 2.93. The second-order valence-electron chi connectivity index (χ2n) is 5.07. The molecule has 1 aliphatic heterocycles. The lowest BCUT2D eigenvalue weighted by atomic mass is 10.0. The summed E-state index contributed by atoms with van der Waals surface area (Å²) in [6.45, 7) is 2.39. The van der Waals surface area contributed by atoms with E-state index in [2.05, 4.69) is 21.2 Å². The smallest absolute Gasteiger partial charge is 0.111 e. The Hall–Kier alpha value is -1.39. The van der Waals surface area contributed by atoms with Gasteiger partial charge in [0.2, 0.25) is 0 Å².